The van der Waals surface area contributed by atoms with Crippen molar-refractivity contribution in [1.29, 1.82) is 0 Å². The molecule has 3 aliphatic rings. The number of imidazole rings is 1. The van der Waals surface area contributed by atoms with E-state index >= 15 is 0 Å². The largest absolute Gasteiger partial charge is 0.493 e. The van der Waals surface area contributed by atoms with Crippen LogP contribution in [0.15, 0.2) is 18.5 Å². The molecule has 2 aliphatic heterocycles. The van der Waals surface area contributed by atoms with Gasteiger partial charge in [0.1, 0.15) is 12.1 Å². The first-order chi connectivity index (χ1) is 13.7. The van der Waals surface area contributed by atoms with E-state index in [0.29, 0.717) is 24.1 Å². The van der Waals surface area contributed by atoms with E-state index in [9.17, 15) is 5.11 Å². The maximum atomic E-state index is 11.3. The highest BCUT2D eigenvalue weighted by atomic mass is 16.7. The van der Waals surface area contributed by atoms with Crippen LogP contribution in [0.4, 0.5) is 0 Å². The zero-order valence-corrected chi connectivity index (χ0v) is 16.2. The SMILES string of the molecule is COc1cc2ncn(C3C4OCC(O4)C(NC4CCCC4)C3O)c2cc1OC. The molecule has 1 saturated carbocycles. The monoisotopic (exact) mass is 389 g/mol. The Kier molecular flexibility index (Phi) is 4.66. The van der Waals surface area contributed by atoms with Gasteiger partial charge in [0.15, 0.2) is 17.8 Å². The van der Waals surface area contributed by atoms with E-state index in [4.69, 9.17) is 18.9 Å². The Morgan fingerprint density at radius 3 is 2.68 bits per heavy atom. The number of aliphatic hydroxyl groups is 1. The predicted molar refractivity (Wildman–Crippen MR) is 102 cm³/mol. The van der Waals surface area contributed by atoms with Crippen LogP contribution in [-0.2, 0) is 9.47 Å². The van der Waals surface area contributed by atoms with E-state index < -0.39 is 12.4 Å². The Hall–Kier alpha value is -1.87. The zero-order valence-electron chi connectivity index (χ0n) is 16.2. The standard InChI is InChI=1S/C20H27N3O5/c1-25-14-7-12-13(8-15(14)26-2)23(10-21-12)18-19(24)17(16-9-27-20(18)28-16)22-11-5-3-4-6-11/h7-8,10-11,16-20,22,24H,3-6,9H2,1-2H3. The molecule has 152 valence electrons. The van der Waals surface area contributed by atoms with Crippen molar-refractivity contribution in [3.63, 3.8) is 0 Å². The van der Waals surface area contributed by atoms with Crippen LogP contribution < -0.4 is 14.8 Å². The van der Waals surface area contributed by atoms with Gasteiger partial charge in [-0.25, -0.2) is 4.98 Å². The third kappa shape index (κ3) is 2.86. The Morgan fingerprint density at radius 1 is 1.18 bits per heavy atom. The third-order valence-electron chi connectivity index (χ3n) is 6.32. The summed E-state index contributed by atoms with van der Waals surface area (Å²) < 4.78 is 24.8. The Bertz CT molecular complexity index is 850. The highest BCUT2D eigenvalue weighted by Gasteiger charge is 2.51. The normalized spacial score (nSPS) is 32.9. The number of aromatic nitrogens is 2. The molecule has 0 radical (unpaired) electrons. The summed E-state index contributed by atoms with van der Waals surface area (Å²) in [7, 11) is 3.21. The molecule has 2 saturated heterocycles. The molecule has 3 fully saturated rings. The Morgan fingerprint density at radius 2 is 1.93 bits per heavy atom. The molecule has 1 aliphatic carbocycles. The fraction of sp³-hybridized carbons (Fsp3) is 0.650. The number of nitrogens with one attached hydrogen (secondary N) is 1. The van der Waals surface area contributed by atoms with Crippen molar-refractivity contribution >= 4 is 11.0 Å². The van der Waals surface area contributed by atoms with Gasteiger partial charge in [-0.3, -0.25) is 0 Å². The minimum absolute atomic E-state index is 0.124. The molecule has 3 heterocycles. The van der Waals surface area contributed by atoms with E-state index in [2.05, 4.69) is 10.3 Å². The first-order valence-electron chi connectivity index (χ1n) is 9.99. The van der Waals surface area contributed by atoms with Crippen molar-refractivity contribution in [3.8, 4) is 11.5 Å². The van der Waals surface area contributed by atoms with E-state index in [1.807, 2.05) is 16.7 Å². The number of aliphatic hydroxyl groups excluding tert-OH is 1. The van der Waals surface area contributed by atoms with Crippen molar-refractivity contribution in [1.82, 2.24) is 14.9 Å². The molecule has 8 heteroatoms. The number of nitrogens with zero attached hydrogens (tertiary/aromatic N) is 2. The second-order valence-electron chi connectivity index (χ2n) is 7.88. The first kappa shape index (κ1) is 18.2. The maximum absolute atomic E-state index is 11.3. The van der Waals surface area contributed by atoms with Crippen LogP contribution in [0.3, 0.4) is 0 Å². The molecular formula is C20H27N3O5. The van der Waals surface area contributed by atoms with E-state index in [1.165, 1.54) is 12.8 Å². The summed E-state index contributed by atoms with van der Waals surface area (Å²) in [5.41, 5.74) is 1.61. The quantitative estimate of drug-likeness (QED) is 0.803. The molecule has 5 rings (SSSR count). The Balaban J connectivity index is 1.50. The highest BCUT2D eigenvalue weighted by molar-refractivity contribution is 5.80. The van der Waals surface area contributed by atoms with Gasteiger partial charge in [0.2, 0.25) is 0 Å². The van der Waals surface area contributed by atoms with Gasteiger partial charge in [-0.2, -0.15) is 0 Å². The van der Waals surface area contributed by atoms with Crippen LogP contribution in [0.2, 0.25) is 0 Å². The van der Waals surface area contributed by atoms with E-state index in [1.54, 1.807) is 20.5 Å². The fourth-order valence-electron chi connectivity index (χ4n) is 4.86. The molecule has 0 spiro atoms. The summed E-state index contributed by atoms with van der Waals surface area (Å²) >= 11 is 0. The van der Waals surface area contributed by atoms with E-state index in [0.717, 1.165) is 23.9 Å². The average Bonchev–Trinajstić information content (AvgIpc) is 3.45. The van der Waals surface area contributed by atoms with Crippen molar-refractivity contribution in [3.05, 3.63) is 18.5 Å². The summed E-state index contributed by atoms with van der Waals surface area (Å²) in [5, 5.41) is 14.9. The lowest BCUT2D eigenvalue weighted by Crippen LogP contribution is -2.59. The first-order valence-corrected chi connectivity index (χ1v) is 9.99. The molecule has 8 nitrogen and oxygen atoms in total. The van der Waals surface area contributed by atoms with Gasteiger partial charge in [-0.15, -0.1) is 0 Å². The summed E-state index contributed by atoms with van der Waals surface area (Å²) in [4.78, 5) is 4.51. The second kappa shape index (κ2) is 7.18. The number of ether oxygens (including phenoxy) is 4. The van der Waals surface area contributed by atoms with Gasteiger partial charge >= 0.3 is 0 Å². The number of fused-ring (bicyclic) bond motifs is 3. The molecule has 5 unspecified atom stereocenters. The zero-order chi connectivity index (χ0) is 19.3. The second-order valence-corrected chi connectivity index (χ2v) is 7.88. The lowest BCUT2D eigenvalue weighted by molar-refractivity contribution is -0.165. The van der Waals surface area contributed by atoms with Gasteiger partial charge in [0.05, 0.1) is 50.3 Å². The molecule has 28 heavy (non-hydrogen) atoms. The number of benzene rings is 1. The van der Waals surface area contributed by atoms with Crippen LogP contribution in [0.25, 0.3) is 11.0 Å². The number of rotatable bonds is 5. The van der Waals surface area contributed by atoms with Crippen LogP contribution in [0.1, 0.15) is 31.7 Å². The summed E-state index contributed by atoms with van der Waals surface area (Å²) in [5.74, 6) is 1.24. The predicted octanol–water partition coefficient (Wildman–Crippen LogP) is 1.61. The maximum Gasteiger partial charge on any atom is 0.181 e. The van der Waals surface area contributed by atoms with Crippen molar-refractivity contribution in [2.45, 2.75) is 62.3 Å². The lowest BCUT2D eigenvalue weighted by Gasteiger charge is -2.40. The highest BCUT2D eigenvalue weighted by Crippen LogP contribution is 2.40. The molecule has 5 atom stereocenters. The van der Waals surface area contributed by atoms with Crippen LogP contribution in [0.5, 0.6) is 11.5 Å². The molecule has 1 aromatic carbocycles. The Labute approximate surface area is 163 Å². The summed E-state index contributed by atoms with van der Waals surface area (Å²) in [6, 6.07) is 3.61. The number of methoxy groups -OCH3 is 2. The van der Waals surface area contributed by atoms with Crippen molar-refractivity contribution in [2.24, 2.45) is 0 Å². The summed E-state index contributed by atoms with van der Waals surface area (Å²) in [6.07, 6.45) is 5.25. The summed E-state index contributed by atoms with van der Waals surface area (Å²) in [6.45, 7) is 0.492. The van der Waals surface area contributed by atoms with Crippen LogP contribution in [-0.4, -0.2) is 66.1 Å². The number of hydrogen-bond acceptors (Lipinski definition) is 7. The van der Waals surface area contributed by atoms with Gasteiger partial charge in [-0.1, -0.05) is 12.8 Å². The third-order valence-corrected chi connectivity index (χ3v) is 6.32. The van der Waals surface area contributed by atoms with Crippen LogP contribution >= 0.6 is 0 Å². The minimum atomic E-state index is -0.641. The molecule has 2 bridgehead atoms. The van der Waals surface area contributed by atoms with Crippen molar-refractivity contribution < 1.29 is 24.1 Å². The lowest BCUT2D eigenvalue weighted by atomic mass is 9.94. The van der Waals surface area contributed by atoms with Gasteiger partial charge in [-0.05, 0) is 12.8 Å². The average molecular weight is 389 g/mol. The minimum Gasteiger partial charge on any atom is -0.493 e. The molecular weight excluding hydrogens is 362 g/mol. The topological polar surface area (TPSA) is 87.0 Å². The number of hydrogen-bond donors (Lipinski definition) is 2. The van der Waals surface area contributed by atoms with Crippen LogP contribution in [0, 0.1) is 0 Å². The van der Waals surface area contributed by atoms with E-state index in [-0.39, 0.29) is 18.2 Å². The van der Waals surface area contributed by atoms with Crippen molar-refractivity contribution in [2.75, 3.05) is 20.8 Å². The molecule has 2 aromatic rings. The van der Waals surface area contributed by atoms with Gasteiger partial charge < -0.3 is 33.9 Å². The fourth-order valence-corrected chi connectivity index (χ4v) is 4.86. The molecule has 2 N–H and O–H groups in total. The smallest absolute Gasteiger partial charge is 0.181 e. The molecule has 0 amide bonds. The van der Waals surface area contributed by atoms with Gasteiger partial charge in [0.25, 0.3) is 0 Å². The molecule has 1 aromatic heterocycles. The van der Waals surface area contributed by atoms with Gasteiger partial charge in [0, 0.05) is 18.2 Å².